The van der Waals surface area contributed by atoms with Crippen LogP contribution in [0.3, 0.4) is 0 Å². The van der Waals surface area contributed by atoms with Crippen molar-refractivity contribution in [2.45, 2.75) is 12.6 Å². The highest BCUT2D eigenvalue weighted by Gasteiger charge is 2.33. The van der Waals surface area contributed by atoms with E-state index < -0.39 is 24.1 Å². The van der Waals surface area contributed by atoms with Crippen molar-refractivity contribution in [3.05, 3.63) is 52.0 Å². The zero-order chi connectivity index (χ0) is 16.3. The number of nitrogens with zero attached hydrogens (tertiary/aromatic N) is 2. The van der Waals surface area contributed by atoms with Crippen molar-refractivity contribution in [3.8, 4) is 0 Å². The lowest BCUT2D eigenvalue weighted by atomic mass is 10.0. The van der Waals surface area contributed by atoms with Crippen LogP contribution in [0.1, 0.15) is 11.1 Å². The van der Waals surface area contributed by atoms with Crippen LogP contribution in [-0.4, -0.2) is 15.9 Å². The topological polar surface area (TPSA) is 54.9 Å². The molecule has 9 heteroatoms. The van der Waals surface area contributed by atoms with Gasteiger partial charge in [0.05, 0.1) is 12.0 Å². The molecule has 0 radical (unpaired) electrons. The molecule has 1 N–H and O–H groups in total. The number of benzene rings is 1. The van der Waals surface area contributed by atoms with Crippen LogP contribution in [0.2, 0.25) is 10.3 Å². The van der Waals surface area contributed by atoms with Gasteiger partial charge in [0.2, 0.25) is 5.91 Å². The molecule has 0 aliphatic carbocycles. The van der Waals surface area contributed by atoms with Gasteiger partial charge in [0, 0.05) is 0 Å². The monoisotopic (exact) mass is 349 g/mol. The third kappa shape index (κ3) is 3.86. The fourth-order valence-electron chi connectivity index (χ4n) is 1.76. The number of carbonyl (C=O) groups is 1. The second-order valence-corrected chi connectivity index (χ2v) is 4.93. The molecule has 0 fully saturated rings. The molecular formula is C13H8Cl2F3N3O. The van der Waals surface area contributed by atoms with E-state index in [1.165, 1.54) is 18.2 Å². The Kier molecular flexibility index (Phi) is 4.87. The molecule has 116 valence electrons. The number of carbonyl (C=O) groups excluding carboxylic acids is 1. The summed E-state index contributed by atoms with van der Waals surface area (Å²) in [7, 11) is 0. The van der Waals surface area contributed by atoms with Crippen molar-refractivity contribution in [3.63, 3.8) is 0 Å². The van der Waals surface area contributed by atoms with E-state index in [4.69, 9.17) is 23.2 Å². The van der Waals surface area contributed by atoms with E-state index in [0.717, 1.165) is 12.4 Å². The average Bonchev–Trinajstić information content (AvgIpc) is 2.42. The highest BCUT2D eigenvalue weighted by atomic mass is 35.5. The fourth-order valence-corrected chi connectivity index (χ4v) is 2.16. The molecule has 1 aromatic heterocycles. The highest BCUT2D eigenvalue weighted by molar-refractivity contribution is 6.38. The predicted molar refractivity (Wildman–Crippen MR) is 75.8 cm³/mol. The summed E-state index contributed by atoms with van der Waals surface area (Å²) in [5.74, 6) is -0.713. The van der Waals surface area contributed by atoms with E-state index in [-0.39, 0.29) is 21.6 Å². The van der Waals surface area contributed by atoms with E-state index in [2.05, 4.69) is 15.3 Å². The maximum absolute atomic E-state index is 12.9. The largest absolute Gasteiger partial charge is 0.416 e. The lowest BCUT2D eigenvalue weighted by Gasteiger charge is -2.13. The van der Waals surface area contributed by atoms with E-state index in [9.17, 15) is 18.0 Å². The number of nitrogens with one attached hydrogen (secondary N) is 1. The molecule has 0 atom stereocenters. The summed E-state index contributed by atoms with van der Waals surface area (Å²) >= 11 is 11.5. The molecule has 0 spiro atoms. The Morgan fingerprint density at radius 1 is 1.14 bits per heavy atom. The van der Waals surface area contributed by atoms with Crippen LogP contribution in [-0.2, 0) is 17.4 Å². The Labute approximate surface area is 133 Å². The number of aromatic nitrogens is 2. The molecule has 1 heterocycles. The molecule has 1 amide bonds. The molecule has 22 heavy (non-hydrogen) atoms. The lowest BCUT2D eigenvalue weighted by molar-refractivity contribution is -0.138. The van der Waals surface area contributed by atoms with Crippen LogP contribution < -0.4 is 5.32 Å². The number of amides is 1. The smallest absolute Gasteiger partial charge is 0.321 e. The Morgan fingerprint density at radius 3 is 2.32 bits per heavy atom. The predicted octanol–water partition coefficient (Wildman–Crippen LogP) is 3.98. The molecule has 2 rings (SSSR count). The Morgan fingerprint density at radius 2 is 1.73 bits per heavy atom. The van der Waals surface area contributed by atoms with Crippen molar-refractivity contribution in [2.75, 3.05) is 5.32 Å². The first-order valence-electron chi connectivity index (χ1n) is 5.90. The van der Waals surface area contributed by atoms with Crippen LogP contribution in [0.4, 0.5) is 18.9 Å². The van der Waals surface area contributed by atoms with Crippen LogP contribution >= 0.6 is 23.2 Å². The zero-order valence-corrected chi connectivity index (χ0v) is 12.3. The van der Waals surface area contributed by atoms with Gasteiger partial charge in [-0.15, -0.1) is 0 Å². The maximum atomic E-state index is 12.9. The minimum Gasteiger partial charge on any atom is -0.321 e. The molecule has 0 aliphatic heterocycles. The molecule has 1 aromatic carbocycles. The van der Waals surface area contributed by atoms with Crippen molar-refractivity contribution in [1.29, 1.82) is 0 Å². The van der Waals surface area contributed by atoms with Gasteiger partial charge in [-0.3, -0.25) is 4.79 Å². The first-order valence-corrected chi connectivity index (χ1v) is 6.65. The minimum absolute atomic E-state index is 0.0414. The SMILES string of the molecule is O=C(Cc1ccccc1C(F)(F)F)Nc1c(Cl)ncnc1Cl. The minimum atomic E-state index is -4.54. The van der Waals surface area contributed by atoms with Crippen molar-refractivity contribution in [2.24, 2.45) is 0 Å². The maximum Gasteiger partial charge on any atom is 0.416 e. The van der Waals surface area contributed by atoms with Gasteiger partial charge in [-0.1, -0.05) is 41.4 Å². The first-order chi connectivity index (χ1) is 10.3. The van der Waals surface area contributed by atoms with Crippen molar-refractivity contribution < 1.29 is 18.0 Å². The van der Waals surface area contributed by atoms with Gasteiger partial charge in [0.1, 0.15) is 12.0 Å². The molecule has 0 aliphatic rings. The Balaban J connectivity index is 2.20. The molecule has 2 aromatic rings. The first kappa shape index (κ1) is 16.5. The standard InChI is InChI=1S/C13H8Cl2F3N3O/c14-11-10(12(15)20-6-19-11)21-9(22)5-7-3-1-2-4-8(7)13(16,17)18/h1-4,6H,5H2,(H,21,22). The van der Waals surface area contributed by atoms with Gasteiger partial charge in [-0.25, -0.2) is 9.97 Å². The van der Waals surface area contributed by atoms with Crippen LogP contribution in [0.15, 0.2) is 30.6 Å². The average molecular weight is 350 g/mol. The molecule has 0 saturated carbocycles. The van der Waals surface area contributed by atoms with Crippen molar-refractivity contribution >= 4 is 34.8 Å². The highest BCUT2D eigenvalue weighted by Crippen LogP contribution is 2.32. The van der Waals surface area contributed by atoms with Crippen LogP contribution in [0.25, 0.3) is 0 Å². The number of hydrogen-bond acceptors (Lipinski definition) is 3. The van der Waals surface area contributed by atoms with Gasteiger partial charge < -0.3 is 5.32 Å². The third-order valence-corrected chi connectivity index (χ3v) is 3.27. The Bertz CT molecular complexity index is 687. The zero-order valence-electron chi connectivity index (χ0n) is 10.8. The van der Waals surface area contributed by atoms with Gasteiger partial charge in [0.25, 0.3) is 0 Å². The molecule has 0 bridgehead atoms. The number of anilines is 1. The normalized spacial score (nSPS) is 11.3. The second kappa shape index (κ2) is 6.50. The van der Waals surface area contributed by atoms with E-state index in [1.54, 1.807) is 0 Å². The van der Waals surface area contributed by atoms with Gasteiger partial charge in [-0.2, -0.15) is 13.2 Å². The molecule has 0 unspecified atom stereocenters. The number of halogens is 5. The van der Waals surface area contributed by atoms with E-state index >= 15 is 0 Å². The molecular weight excluding hydrogens is 342 g/mol. The number of alkyl halides is 3. The van der Waals surface area contributed by atoms with Gasteiger partial charge >= 0.3 is 6.18 Å². The summed E-state index contributed by atoms with van der Waals surface area (Å²) in [5.41, 5.74) is -1.07. The van der Waals surface area contributed by atoms with Gasteiger partial charge in [0.15, 0.2) is 10.3 Å². The second-order valence-electron chi connectivity index (χ2n) is 4.21. The quantitative estimate of drug-likeness (QED) is 0.852. The number of rotatable bonds is 3. The molecule has 0 saturated heterocycles. The third-order valence-electron chi connectivity index (χ3n) is 2.69. The summed E-state index contributed by atoms with van der Waals surface area (Å²) < 4.78 is 38.6. The van der Waals surface area contributed by atoms with Crippen LogP contribution in [0, 0.1) is 0 Å². The summed E-state index contributed by atoms with van der Waals surface area (Å²) in [5, 5.41) is 2.11. The van der Waals surface area contributed by atoms with Gasteiger partial charge in [-0.05, 0) is 11.6 Å². The lowest BCUT2D eigenvalue weighted by Crippen LogP contribution is -2.18. The summed E-state index contributed by atoms with van der Waals surface area (Å²) in [6.45, 7) is 0. The summed E-state index contributed by atoms with van der Waals surface area (Å²) in [6, 6.07) is 4.81. The molecule has 4 nitrogen and oxygen atoms in total. The van der Waals surface area contributed by atoms with Crippen molar-refractivity contribution in [1.82, 2.24) is 9.97 Å². The Hall–Kier alpha value is -1.86. The number of hydrogen-bond donors (Lipinski definition) is 1. The van der Waals surface area contributed by atoms with E-state index in [1.807, 2.05) is 0 Å². The van der Waals surface area contributed by atoms with Crippen LogP contribution in [0.5, 0.6) is 0 Å². The summed E-state index contributed by atoms with van der Waals surface area (Å²) in [4.78, 5) is 19.2. The van der Waals surface area contributed by atoms with E-state index in [0.29, 0.717) is 0 Å². The fraction of sp³-hybridized carbons (Fsp3) is 0.154. The summed E-state index contributed by atoms with van der Waals surface area (Å²) in [6.07, 6.45) is -3.93.